The first-order chi connectivity index (χ1) is 9.52. The van der Waals surface area contributed by atoms with Crippen molar-refractivity contribution in [3.05, 3.63) is 57.6 Å². The minimum Gasteiger partial charge on any atom is -0.398 e. The fraction of sp³-hybridized carbons (Fsp3) is 0.0667. The second kappa shape index (κ2) is 5.76. The number of nitriles is 1. The normalized spacial score (nSPS) is 9.85. The van der Waals surface area contributed by atoms with Gasteiger partial charge in [0.05, 0.1) is 17.3 Å². The number of hydrogen-bond acceptors (Lipinski definition) is 3. The van der Waals surface area contributed by atoms with Gasteiger partial charge in [0.1, 0.15) is 0 Å². The van der Waals surface area contributed by atoms with Crippen LogP contribution in [0.15, 0.2) is 40.9 Å². The van der Waals surface area contributed by atoms with E-state index in [1.807, 2.05) is 6.07 Å². The molecule has 5 heteroatoms. The second-order valence-electron chi connectivity index (χ2n) is 4.28. The summed E-state index contributed by atoms with van der Waals surface area (Å²) in [5.41, 5.74) is 8.78. The van der Waals surface area contributed by atoms with E-state index in [2.05, 4.69) is 21.2 Å². The van der Waals surface area contributed by atoms with Crippen LogP contribution in [0.5, 0.6) is 0 Å². The first kappa shape index (κ1) is 14.1. The van der Waals surface area contributed by atoms with E-state index in [0.29, 0.717) is 27.0 Å². The largest absolute Gasteiger partial charge is 0.398 e. The number of halogens is 1. The Hall–Kier alpha value is -2.32. The summed E-state index contributed by atoms with van der Waals surface area (Å²) < 4.78 is 0.659. The Kier molecular flexibility index (Phi) is 4.06. The van der Waals surface area contributed by atoms with Crippen LogP contribution in [0.2, 0.25) is 0 Å². The van der Waals surface area contributed by atoms with Gasteiger partial charge in [0.15, 0.2) is 0 Å². The molecule has 4 nitrogen and oxygen atoms in total. The summed E-state index contributed by atoms with van der Waals surface area (Å²) in [7, 11) is 0. The highest BCUT2D eigenvalue weighted by Gasteiger charge is 2.12. The SMILES string of the molecule is Cc1c(N)cccc1C(=O)Nc1ccc(C#N)cc1Br. The number of carbonyl (C=O) groups is 1. The van der Waals surface area contributed by atoms with Crippen LogP contribution in [0.25, 0.3) is 0 Å². The van der Waals surface area contributed by atoms with E-state index in [9.17, 15) is 4.79 Å². The van der Waals surface area contributed by atoms with Crippen LogP contribution in [-0.4, -0.2) is 5.91 Å². The number of nitrogens with two attached hydrogens (primary N) is 1. The van der Waals surface area contributed by atoms with E-state index >= 15 is 0 Å². The molecule has 0 aliphatic rings. The number of amides is 1. The van der Waals surface area contributed by atoms with Gasteiger partial charge in [-0.15, -0.1) is 0 Å². The molecule has 0 saturated carbocycles. The van der Waals surface area contributed by atoms with Gasteiger partial charge in [-0.2, -0.15) is 5.26 Å². The number of carbonyl (C=O) groups excluding carboxylic acids is 1. The van der Waals surface area contributed by atoms with Gasteiger partial charge >= 0.3 is 0 Å². The number of nitrogen functional groups attached to an aromatic ring is 1. The van der Waals surface area contributed by atoms with E-state index in [1.54, 1.807) is 43.3 Å². The molecule has 0 radical (unpaired) electrons. The van der Waals surface area contributed by atoms with E-state index in [0.717, 1.165) is 5.56 Å². The maximum Gasteiger partial charge on any atom is 0.256 e. The lowest BCUT2D eigenvalue weighted by molar-refractivity contribution is 0.102. The molecule has 0 saturated heterocycles. The summed E-state index contributed by atoms with van der Waals surface area (Å²) in [5, 5.41) is 11.6. The number of hydrogen-bond donors (Lipinski definition) is 2. The molecule has 0 heterocycles. The Labute approximate surface area is 125 Å². The number of nitrogens with one attached hydrogen (secondary N) is 1. The van der Waals surface area contributed by atoms with Crippen LogP contribution in [0.4, 0.5) is 11.4 Å². The zero-order valence-corrected chi connectivity index (χ0v) is 12.4. The molecule has 0 aliphatic carbocycles. The van der Waals surface area contributed by atoms with Crippen molar-refractivity contribution in [2.24, 2.45) is 0 Å². The molecule has 0 bridgehead atoms. The van der Waals surface area contributed by atoms with Gasteiger partial charge in [-0.3, -0.25) is 4.79 Å². The van der Waals surface area contributed by atoms with Gasteiger partial charge in [0, 0.05) is 15.7 Å². The minimum atomic E-state index is -0.236. The summed E-state index contributed by atoms with van der Waals surface area (Å²) >= 11 is 3.33. The zero-order valence-electron chi connectivity index (χ0n) is 10.8. The quantitative estimate of drug-likeness (QED) is 0.828. The molecule has 0 atom stereocenters. The highest BCUT2D eigenvalue weighted by molar-refractivity contribution is 9.10. The molecule has 0 unspecified atom stereocenters. The highest BCUT2D eigenvalue weighted by atomic mass is 79.9. The van der Waals surface area contributed by atoms with Crippen LogP contribution in [0, 0.1) is 18.3 Å². The van der Waals surface area contributed by atoms with Gasteiger partial charge in [0.25, 0.3) is 5.91 Å². The third kappa shape index (κ3) is 2.81. The molecule has 0 spiro atoms. The van der Waals surface area contributed by atoms with E-state index in [1.165, 1.54) is 0 Å². The fourth-order valence-corrected chi connectivity index (χ4v) is 2.25. The van der Waals surface area contributed by atoms with Crippen LogP contribution in [0.1, 0.15) is 21.5 Å². The summed E-state index contributed by atoms with van der Waals surface area (Å²) in [6.07, 6.45) is 0. The molecule has 0 fully saturated rings. The average Bonchev–Trinajstić information content (AvgIpc) is 2.44. The lowest BCUT2D eigenvalue weighted by Crippen LogP contribution is -2.14. The molecule has 2 aromatic rings. The Morgan fingerprint density at radius 2 is 2.10 bits per heavy atom. The topological polar surface area (TPSA) is 78.9 Å². The Bertz CT molecular complexity index is 720. The summed E-state index contributed by atoms with van der Waals surface area (Å²) in [5.74, 6) is -0.236. The Morgan fingerprint density at radius 1 is 1.35 bits per heavy atom. The molecule has 0 aliphatic heterocycles. The molecule has 100 valence electrons. The van der Waals surface area contributed by atoms with Crippen LogP contribution < -0.4 is 11.1 Å². The standard InChI is InChI=1S/C15H12BrN3O/c1-9-11(3-2-4-13(9)18)15(20)19-14-6-5-10(8-17)7-12(14)16/h2-7H,18H2,1H3,(H,19,20). The predicted molar refractivity (Wildman–Crippen MR) is 82.4 cm³/mol. The van der Waals surface area contributed by atoms with Gasteiger partial charge in [-0.25, -0.2) is 0 Å². The molecule has 2 rings (SSSR count). The Balaban J connectivity index is 2.29. The van der Waals surface area contributed by atoms with Gasteiger partial charge in [-0.05, 0) is 58.7 Å². The van der Waals surface area contributed by atoms with E-state index < -0.39 is 0 Å². The fourth-order valence-electron chi connectivity index (χ4n) is 1.78. The highest BCUT2D eigenvalue weighted by Crippen LogP contribution is 2.25. The van der Waals surface area contributed by atoms with Crippen molar-refractivity contribution in [1.29, 1.82) is 5.26 Å². The van der Waals surface area contributed by atoms with Gasteiger partial charge < -0.3 is 11.1 Å². The van der Waals surface area contributed by atoms with Crippen LogP contribution in [0.3, 0.4) is 0 Å². The maximum atomic E-state index is 12.2. The van der Waals surface area contributed by atoms with Crippen molar-refractivity contribution in [2.45, 2.75) is 6.92 Å². The number of nitrogens with zero attached hydrogens (tertiary/aromatic N) is 1. The summed E-state index contributed by atoms with van der Waals surface area (Å²) in [4.78, 5) is 12.2. The monoisotopic (exact) mass is 329 g/mol. The molecule has 0 aromatic heterocycles. The minimum absolute atomic E-state index is 0.236. The van der Waals surface area contributed by atoms with E-state index in [4.69, 9.17) is 11.0 Å². The van der Waals surface area contributed by atoms with Crippen LogP contribution >= 0.6 is 15.9 Å². The Morgan fingerprint density at radius 3 is 2.75 bits per heavy atom. The summed E-state index contributed by atoms with van der Waals surface area (Å²) in [6, 6.07) is 12.2. The molecular formula is C15H12BrN3O. The zero-order chi connectivity index (χ0) is 14.7. The third-order valence-electron chi connectivity index (χ3n) is 2.97. The van der Waals surface area contributed by atoms with Crippen molar-refractivity contribution in [3.63, 3.8) is 0 Å². The molecule has 20 heavy (non-hydrogen) atoms. The smallest absolute Gasteiger partial charge is 0.256 e. The third-order valence-corrected chi connectivity index (χ3v) is 3.62. The van der Waals surface area contributed by atoms with E-state index in [-0.39, 0.29) is 5.91 Å². The lowest BCUT2D eigenvalue weighted by atomic mass is 10.1. The molecule has 2 aromatic carbocycles. The molecular weight excluding hydrogens is 318 g/mol. The van der Waals surface area contributed by atoms with Crippen molar-refractivity contribution in [3.8, 4) is 6.07 Å². The maximum absolute atomic E-state index is 12.2. The number of benzene rings is 2. The second-order valence-corrected chi connectivity index (χ2v) is 5.13. The first-order valence-electron chi connectivity index (χ1n) is 5.89. The number of anilines is 2. The van der Waals surface area contributed by atoms with Gasteiger partial charge in [0.2, 0.25) is 0 Å². The van der Waals surface area contributed by atoms with Crippen LogP contribution in [-0.2, 0) is 0 Å². The van der Waals surface area contributed by atoms with Crippen molar-refractivity contribution < 1.29 is 4.79 Å². The molecule has 1 amide bonds. The first-order valence-corrected chi connectivity index (χ1v) is 6.68. The number of rotatable bonds is 2. The molecule has 3 N–H and O–H groups in total. The lowest BCUT2D eigenvalue weighted by Gasteiger charge is -2.10. The predicted octanol–water partition coefficient (Wildman–Crippen LogP) is 3.46. The van der Waals surface area contributed by atoms with Crippen molar-refractivity contribution >= 4 is 33.2 Å². The average molecular weight is 330 g/mol. The van der Waals surface area contributed by atoms with Crippen molar-refractivity contribution in [2.75, 3.05) is 11.1 Å². The van der Waals surface area contributed by atoms with Gasteiger partial charge in [-0.1, -0.05) is 6.07 Å². The summed E-state index contributed by atoms with van der Waals surface area (Å²) in [6.45, 7) is 1.80. The van der Waals surface area contributed by atoms with Crippen molar-refractivity contribution in [1.82, 2.24) is 0 Å².